The molecule has 33 heavy (non-hydrogen) atoms. The van der Waals surface area contributed by atoms with Crippen LogP contribution in [-0.4, -0.2) is 64.0 Å². The van der Waals surface area contributed by atoms with E-state index in [1.807, 2.05) is 4.90 Å². The number of anilines is 3. The van der Waals surface area contributed by atoms with Gasteiger partial charge >= 0.3 is 12.3 Å². The first kappa shape index (κ1) is 24.6. The van der Waals surface area contributed by atoms with Crippen molar-refractivity contribution in [2.24, 2.45) is 0 Å². The van der Waals surface area contributed by atoms with Crippen molar-refractivity contribution < 1.29 is 27.8 Å². The summed E-state index contributed by atoms with van der Waals surface area (Å²) >= 11 is 0. The molecule has 180 valence electrons. The van der Waals surface area contributed by atoms with Gasteiger partial charge in [-0.2, -0.15) is 13.2 Å². The fourth-order valence-electron chi connectivity index (χ4n) is 3.53. The molecule has 1 fully saturated rings. The zero-order chi connectivity index (χ0) is 24.2. The van der Waals surface area contributed by atoms with Gasteiger partial charge in [0.2, 0.25) is 0 Å². The number of rotatable bonds is 5. The van der Waals surface area contributed by atoms with Crippen molar-refractivity contribution in [2.75, 3.05) is 36.5 Å². The third kappa shape index (κ3) is 6.47. The van der Waals surface area contributed by atoms with Gasteiger partial charge in [0.05, 0.1) is 11.6 Å². The lowest BCUT2D eigenvalue weighted by Gasteiger charge is -2.42. The number of alkyl halides is 3. The largest absolute Gasteiger partial charge is 0.444 e. The minimum Gasteiger partial charge on any atom is -0.444 e. The Bertz CT molecular complexity index is 948. The van der Waals surface area contributed by atoms with E-state index in [9.17, 15) is 23.1 Å². The predicted octanol–water partition coefficient (Wildman–Crippen LogP) is 4.05. The van der Waals surface area contributed by atoms with Crippen LogP contribution in [0.15, 0.2) is 36.7 Å². The Balaban J connectivity index is 1.77. The van der Waals surface area contributed by atoms with Gasteiger partial charge in [-0.3, -0.25) is 0 Å². The summed E-state index contributed by atoms with van der Waals surface area (Å²) in [6, 6.07) is 4.34. The van der Waals surface area contributed by atoms with E-state index in [1.165, 1.54) is 24.5 Å². The van der Waals surface area contributed by atoms with Crippen LogP contribution in [0.4, 0.5) is 35.3 Å². The summed E-state index contributed by atoms with van der Waals surface area (Å²) in [5.74, 6) is 0.884. The molecular weight excluding hydrogens is 439 g/mol. The fraction of sp³-hybridized carbons (Fsp3) is 0.500. The molecule has 0 unspecified atom stereocenters. The number of halogens is 3. The Morgan fingerprint density at radius 2 is 1.82 bits per heavy atom. The van der Waals surface area contributed by atoms with Gasteiger partial charge in [-0.1, -0.05) is 0 Å². The average molecular weight is 467 g/mol. The molecule has 0 aliphatic carbocycles. The molecule has 8 nitrogen and oxygen atoms in total. The van der Waals surface area contributed by atoms with Crippen molar-refractivity contribution in [1.29, 1.82) is 0 Å². The molecule has 1 aliphatic heterocycles. The quantitative estimate of drug-likeness (QED) is 0.686. The standard InChI is InChI=1S/C22H28F3N5O3/c1-21(2,3)33-20(32)30-12-11-29(14-17(30)8-13-31)19-18(26-9-10-27-19)28-16-6-4-15(5-7-16)22(23,24)25/h4-7,9-10,17,31H,8,11-14H2,1-3H3,(H,26,28)/t17-/m0/s1. The van der Waals surface area contributed by atoms with E-state index in [4.69, 9.17) is 4.74 Å². The summed E-state index contributed by atoms with van der Waals surface area (Å²) in [4.78, 5) is 24.9. The molecule has 0 spiro atoms. The summed E-state index contributed by atoms with van der Waals surface area (Å²) in [5.41, 5.74) is -0.941. The van der Waals surface area contributed by atoms with E-state index >= 15 is 0 Å². The molecule has 1 aliphatic rings. The zero-order valence-electron chi connectivity index (χ0n) is 18.8. The molecule has 1 atom stereocenters. The average Bonchev–Trinajstić information content (AvgIpc) is 2.73. The highest BCUT2D eigenvalue weighted by Gasteiger charge is 2.34. The van der Waals surface area contributed by atoms with Crippen LogP contribution >= 0.6 is 0 Å². The second-order valence-electron chi connectivity index (χ2n) is 8.71. The Labute approximate surface area is 190 Å². The van der Waals surface area contributed by atoms with Crippen LogP contribution in [0.2, 0.25) is 0 Å². The molecule has 2 heterocycles. The van der Waals surface area contributed by atoms with E-state index in [2.05, 4.69) is 15.3 Å². The third-order valence-corrected chi connectivity index (χ3v) is 5.03. The van der Waals surface area contributed by atoms with Crippen LogP contribution in [0.5, 0.6) is 0 Å². The lowest BCUT2D eigenvalue weighted by molar-refractivity contribution is -0.137. The maximum absolute atomic E-state index is 12.8. The monoisotopic (exact) mass is 467 g/mol. The van der Waals surface area contributed by atoms with Crippen LogP contribution in [0, 0.1) is 0 Å². The second-order valence-corrected chi connectivity index (χ2v) is 8.71. The maximum atomic E-state index is 12.8. The number of amides is 1. The highest BCUT2D eigenvalue weighted by atomic mass is 19.4. The number of aliphatic hydroxyl groups excluding tert-OH is 1. The first-order chi connectivity index (χ1) is 15.5. The smallest absolute Gasteiger partial charge is 0.416 e. The zero-order valence-corrected chi connectivity index (χ0v) is 18.8. The SMILES string of the molecule is CC(C)(C)OC(=O)N1CCN(c2nccnc2Nc2ccc(C(F)(F)F)cc2)C[C@@H]1CCO. The Kier molecular flexibility index (Phi) is 7.31. The van der Waals surface area contributed by atoms with Gasteiger partial charge in [0.1, 0.15) is 5.60 Å². The number of carbonyl (C=O) groups is 1. The van der Waals surface area contributed by atoms with E-state index in [0.717, 1.165) is 12.1 Å². The number of piperazine rings is 1. The number of nitrogens with one attached hydrogen (secondary N) is 1. The minimum absolute atomic E-state index is 0.102. The Morgan fingerprint density at radius 3 is 2.42 bits per heavy atom. The summed E-state index contributed by atoms with van der Waals surface area (Å²) in [6.07, 6.45) is -1.49. The molecule has 0 radical (unpaired) electrons. The molecule has 0 saturated carbocycles. The van der Waals surface area contributed by atoms with Gasteiger partial charge < -0.3 is 25.0 Å². The first-order valence-electron chi connectivity index (χ1n) is 10.6. The summed E-state index contributed by atoms with van der Waals surface area (Å²) in [7, 11) is 0. The normalized spacial score (nSPS) is 17.1. The van der Waals surface area contributed by atoms with Crippen molar-refractivity contribution in [1.82, 2.24) is 14.9 Å². The predicted molar refractivity (Wildman–Crippen MR) is 117 cm³/mol. The molecule has 0 bridgehead atoms. The van der Waals surface area contributed by atoms with E-state index in [1.54, 1.807) is 25.7 Å². The first-order valence-corrected chi connectivity index (χ1v) is 10.6. The minimum atomic E-state index is -4.41. The highest BCUT2D eigenvalue weighted by Crippen LogP contribution is 2.32. The van der Waals surface area contributed by atoms with Crippen molar-refractivity contribution in [3.8, 4) is 0 Å². The molecule has 3 rings (SSSR count). The summed E-state index contributed by atoms with van der Waals surface area (Å²) in [5, 5.41) is 12.5. The molecule has 2 aromatic rings. The highest BCUT2D eigenvalue weighted by molar-refractivity contribution is 5.71. The number of hydrogen-bond donors (Lipinski definition) is 2. The number of aliphatic hydroxyl groups is 1. The van der Waals surface area contributed by atoms with E-state index in [0.29, 0.717) is 43.4 Å². The van der Waals surface area contributed by atoms with Crippen molar-refractivity contribution >= 4 is 23.4 Å². The maximum Gasteiger partial charge on any atom is 0.416 e. The van der Waals surface area contributed by atoms with Crippen LogP contribution in [-0.2, 0) is 10.9 Å². The van der Waals surface area contributed by atoms with Gasteiger partial charge in [-0.05, 0) is 51.5 Å². The van der Waals surface area contributed by atoms with Gasteiger partial charge in [0.25, 0.3) is 0 Å². The van der Waals surface area contributed by atoms with Crippen LogP contribution < -0.4 is 10.2 Å². The third-order valence-electron chi connectivity index (χ3n) is 5.03. The number of hydrogen-bond acceptors (Lipinski definition) is 7. The van der Waals surface area contributed by atoms with Gasteiger partial charge in [0.15, 0.2) is 11.6 Å². The lowest BCUT2D eigenvalue weighted by atomic mass is 10.1. The summed E-state index contributed by atoms with van der Waals surface area (Å²) < 4.78 is 44.0. The van der Waals surface area contributed by atoms with Crippen molar-refractivity contribution in [2.45, 2.75) is 45.0 Å². The molecule has 1 aromatic carbocycles. The summed E-state index contributed by atoms with van der Waals surface area (Å²) in [6.45, 7) is 6.47. The Morgan fingerprint density at radius 1 is 1.15 bits per heavy atom. The number of ether oxygens (including phenoxy) is 1. The van der Waals surface area contributed by atoms with Crippen molar-refractivity contribution in [3.05, 3.63) is 42.2 Å². The molecule has 1 aromatic heterocycles. The number of aromatic nitrogens is 2. The van der Waals surface area contributed by atoms with E-state index in [-0.39, 0.29) is 12.6 Å². The van der Waals surface area contributed by atoms with Crippen LogP contribution in [0.1, 0.15) is 32.8 Å². The number of benzene rings is 1. The van der Waals surface area contributed by atoms with Crippen LogP contribution in [0.3, 0.4) is 0 Å². The number of carbonyl (C=O) groups excluding carboxylic acids is 1. The molecule has 11 heteroatoms. The molecule has 1 amide bonds. The molecule has 2 N–H and O–H groups in total. The van der Waals surface area contributed by atoms with Crippen molar-refractivity contribution in [3.63, 3.8) is 0 Å². The van der Waals surface area contributed by atoms with E-state index < -0.39 is 23.4 Å². The van der Waals surface area contributed by atoms with Gasteiger partial charge in [-0.15, -0.1) is 0 Å². The topological polar surface area (TPSA) is 90.8 Å². The van der Waals surface area contributed by atoms with Gasteiger partial charge in [-0.25, -0.2) is 14.8 Å². The fourth-order valence-corrected chi connectivity index (χ4v) is 3.53. The number of nitrogens with zero attached hydrogens (tertiary/aromatic N) is 4. The lowest BCUT2D eigenvalue weighted by Crippen LogP contribution is -2.56. The van der Waals surface area contributed by atoms with Gasteiger partial charge in [0, 0.05) is 44.3 Å². The second kappa shape index (κ2) is 9.82. The molecular formula is C22H28F3N5O3. The van der Waals surface area contributed by atoms with Crippen LogP contribution in [0.25, 0.3) is 0 Å². The Hall–Kier alpha value is -3.08. The molecule has 1 saturated heterocycles.